The fourth-order valence-corrected chi connectivity index (χ4v) is 3.16. The Kier molecular flexibility index (Phi) is 7.55. The second kappa shape index (κ2) is 10.5. The van der Waals surface area contributed by atoms with Crippen molar-refractivity contribution in [3.63, 3.8) is 0 Å². The van der Waals surface area contributed by atoms with Crippen molar-refractivity contribution in [1.82, 2.24) is 9.97 Å². The molecule has 160 valence electrons. The number of halogens is 2. The molecule has 0 spiro atoms. The van der Waals surface area contributed by atoms with E-state index in [0.29, 0.717) is 17.2 Å². The second-order valence-corrected chi connectivity index (χ2v) is 7.09. The molecule has 0 fully saturated rings. The standard InChI is InChI=1S/C20H17F2N5O3S/c1-28-18-8-14(21)3-4-15(18)16-9-20(25-10-17(16)22)27-19-7-13(5-6-24-19)11-30-31(29-2)26-12-23/h3-10H,11H2,1-2H3,(H,24,25,27). The fourth-order valence-electron chi connectivity index (χ4n) is 2.63. The second-order valence-electron chi connectivity index (χ2n) is 5.91. The van der Waals surface area contributed by atoms with Gasteiger partial charge in [0.1, 0.15) is 29.0 Å². The number of nitriles is 1. The maximum atomic E-state index is 14.4. The van der Waals surface area contributed by atoms with Gasteiger partial charge in [0.25, 0.3) is 0 Å². The van der Waals surface area contributed by atoms with Gasteiger partial charge in [-0.3, -0.25) is 8.37 Å². The lowest BCUT2D eigenvalue weighted by atomic mass is 10.0. The Bertz CT molecular complexity index is 1150. The predicted octanol–water partition coefficient (Wildman–Crippen LogP) is 4.45. The van der Waals surface area contributed by atoms with E-state index in [-0.39, 0.29) is 17.9 Å². The monoisotopic (exact) mass is 445 g/mol. The molecule has 3 aromatic rings. The number of nitrogens with zero attached hydrogens (tertiary/aromatic N) is 4. The van der Waals surface area contributed by atoms with Crippen molar-refractivity contribution in [2.45, 2.75) is 6.61 Å². The molecular weight excluding hydrogens is 428 g/mol. The molecule has 3 rings (SSSR count). The number of benzene rings is 1. The first-order valence-electron chi connectivity index (χ1n) is 8.77. The van der Waals surface area contributed by atoms with Crippen LogP contribution in [-0.4, -0.2) is 24.2 Å². The summed E-state index contributed by atoms with van der Waals surface area (Å²) in [6, 6.07) is 8.74. The number of aromatic nitrogens is 2. The van der Waals surface area contributed by atoms with Gasteiger partial charge in [0.05, 0.1) is 27.0 Å². The Morgan fingerprint density at radius 3 is 2.65 bits per heavy atom. The molecule has 0 saturated heterocycles. The largest absolute Gasteiger partial charge is 0.496 e. The number of hydrogen-bond acceptors (Lipinski definition) is 8. The maximum absolute atomic E-state index is 14.4. The summed E-state index contributed by atoms with van der Waals surface area (Å²) in [4.78, 5) is 8.24. The van der Waals surface area contributed by atoms with Crippen LogP contribution >= 0.6 is 0 Å². The van der Waals surface area contributed by atoms with Gasteiger partial charge in [-0.2, -0.15) is 5.26 Å². The number of pyridine rings is 2. The summed E-state index contributed by atoms with van der Waals surface area (Å²) < 4.78 is 46.9. The number of rotatable bonds is 8. The molecular formula is C20H17F2N5O3S. The van der Waals surface area contributed by atoms with Gasteiger partial charge in [0.15, 0.2) is 11.3 Å². The van der Waals surface area contributed by atoms with Crippen molar-refractivity contribution in [2.24, 2.45) is 4.36 Å². The van der Waals surface area contributed by atoms with Crippen LogP contribution < -0.4 is 10.1 Å². The first-order chi connectivity index (χ1) is 15.0. The van der Waals surface area contributed by atoms with E-state index in [0.717, 1.165) is 11.8 Å². The van der Waals surface area contributed by atoms with Gasteiger partial charge in [0, 0.05) is 23.4 Å². The smallest absolute Gasteiger partial charge is 0.216 e. The van der Waals surface area contributed by atoms with Gasteiger partial charge in [0.2, 0.25) is 6.19 Å². The summed E-state index contributed by atoms with van der Waals surface area (Å²) >= 11 is -1.28. The number of methoxy groups -OCH3 is 1. The van der Waals surface area contributed by atoms with E-state index in [4.69, 9.17) is 18.4 Å². The number of hydrogen-bond donors (Lipinski definition) is 1. The van der Waals surface area contributed by atoms with Gasteiger partial charge >= 0.3 is 0 Å². The Morgan fingerprint density at radius 2 is 1.90 bits per heavy atom. The Hall–Kier alpha value is -3.46. The molecule has 0 saturated carbocycles. The molecule has 0 bridgehead atoms. The molecule has 1 aromatic carbocycles. The lowest BCUT2D eigenvalue weighted by Crippen LogP contribution is -2.02. The van der Waals surface area contributed by atoms with Crippen LogP contribution in [0.5, 0.6) is 5.75 Å². The molecule has 1 N–H and O–H groups in total. The van der Waals surface area contributed by atoms with Gasteiger partial charge in [-0.25, -0.2) is 18.7 Å². The molecule has 1 unspecified atom stereocenters. The first kappa shape index (κ1) is 22.2. The first-order valence-corrected chi connectivity index (χ1v) is 9.80. The van der Waals surface area contributed by atoms with Crippen molar-refractivity contribution in [1.29, 1.82) is 5.26 Å². The topological polar surface area (TPSA) is 102 Å². The third-order valence-corrected chi connectivity index (χ3v) is 4.81. The Labute approximate surface area is 180 Å². The summed E-state index contributed by atoms with van der Waals surface area (Å²) in [7, 11) is 2.77. The fraction of sp³-hybridized carbons (Fsp3) is 0.150. The van der Waals surface area contributed by atoms with E-state index in [1.54, 1.807) is 24.5 Å². The molecule has 11 heteroatoms. The third kappa shape index (κ3) is 5.79. The molecule has 2 aromatic heterocycles. The van der Waals surface area contributed by atoms with E-state index in [9.17, 15) is 8.78 Å². The average Bonchev–Trinajstić information content (AvgIpc) is 2.78. The van der Waals surface area contributed by atoms with E-state index in [1.165, 1.54) is 38.5 Å². The van der Waals surface area contributed by atoms with Crippen LogP contribution in [0.1, 0.15) is 5.56 Å². The number of ether oxygens (including phenoxy) is 1. The minimum atomic E-state index is -1.28. The zero-order valence-electron chi connectivity index (χ0n) is 16.5. The summed E-state index contributed by atoms with van der Waals surface area (Å²) in [5, 5.41) is 11.6. The number of nitrogens with one attached hydrogen (secondary N) is 1. The van der Waals surface area contributed by atoms with Gasteiger partial charge in [-0.1, -0.05) is 4.36 Å². The van der Waals surface area contributed by atoms with Crippen LogP contribution in [0.15, 0.2) is 53.2 Å². The summed E-state index contributed by atoms with van der Waals surface area (Å²) in [5.41, 5.74) is 1.31. The highest BCUT2D eigenvalue weighted by atomic mass is 32.2. The van der Waals surface area contributed by atoms with Crippen LogP contribution in [0, 0.1) is 23.1 Å². The molecule has 0 amide bonds. The molecule has 8 nitrogen and oxygen atoms in total. The van der Waals surface area contributed by atoms with Crippen LogP contribution in [-0.2, 0) is 26.2 Å². The molecule has 2 heterocycles. The van der Waals surface area contributed by atoms with E-state index in [2.05, 4.69) is 19.6 Å². The Balaban J connectivity index is 1.82. The van der Waals surface area contributed by atoms with Crippen molar-refractivity contribution in [3.8, 4) is 23.1 Å². The number of anilines is 2. The van der Waals surface area contributed by atoms with E-state index in [1.807, 2.05) is 0 Å². The van der Waals surface area contributed by atoms with Gasteiger partial charge in [-0.15, -0.1) is 0 Å². The predicted molar refractivity (Wildman–Crippen MR) is 111 cm³/mol. The van der Waals surface area contributed by atoms with Crippen molar-refractivity contribution < 1.29 is 21.9 Å². The van der Waals surface area contributed by atoms with Gasteiger partial charge in [-0.05, 0) is 35.9 Å². The minimum absolute atomic E-state index is 0.133. The molecule has 0 aliphatic heterocycles. The summed E-state index contributed by atoms with van der Waals surface area (Å²) in [6.45, 7) is 0.133. The van der Waals surface area contributed by atoms with Crippen LogP contribution in [0.4, 0.5) is 20.4 Å². The normalized spacial score (nSPS) is 11.7. The molecule has 0 aliphatic rings. The highest BCUT2D eigenvalue weighted by Crippen LogP contribution is 2.33. The summed E-state index contributed by atoms with van der Waals surface area (Å²) in [5.74, 6) is -0.116. The van der Waals surface area contributed by atoms with Crippen LogP contribution in [0.2, 0.25) is 0 Å². The third-order valence-electron chi connectivity index (χ3n) is 3.97. The molecule has 0 radical (unpaired) electrons. The van der Waals surface area contributed by atoms with Crippen molar-refractivity contribution in [3.05, 3.63) is 66.0 Å². The SMILES string of the molecule is COc1cc(F)ccc1-c1cc(Nc2cc(COS(=NC#N)OC)ccn2)ncc1F. The molecule has 31 heavy (non-hydrogen) atoms. The lowest BCUT2D eigenvalue weighted by molar-refractivity contribution is 0.298. The zero-order valence-corrected chi connectivity index (χ0v) is 17.3. The highest BCUT2D eigenvalue weighted by Gasteiger charge is 2.14. The van der Waals surface area contributed by atoms with Crippen LogP contribution in [0.3, 0.4) is 0 Å². The quantitative estimate of drug-likeness (QED) is 0.511. The maximum Gasteiger partial charge on any atom is 0.216 e. The molecule has 1 atom stereocenters. The minimum Gasteiger partial charge on any atom is -0.496 e. The Morgan fingerprint density at radius 1 is 1.10 bits per heavy atom. The van der Waals surface area contributed by atoms with Crippen molar-refractivity contribution in [2.75, 3.05) is 19.5 Å². The lowest BCUT2D eigenvalue weighted by Gasteiger charge is -2.12. The van der Waals surface area contributed by atoms with Gasteiger partial charge < -0.3 is 10.1 Å². The van der Waals surface area contributed by atoms with Crippen LogP contribution in [0.25, 0.3) is 11.1 Å². The van der Waals surface area contributed by atoms with Crippen molar-refractivity contribution >= 4 is 22.9 Å². The molecule has 0 aliphatic carbocycles. The highest BCUT2D eigenvalue weighted by molar-refractivity contribution is 7.77. The summed E-state index contributed by atoms with van der Waals surface area (Å²) in [6.07, 6.45) is 4.24. The van der Waals surface area contributed by atoms with E-state index < -0.39 is 22.9 Å². The van der Waals surface area contributed by atoms with E-state index >= 15 is 0 Å². The zero-order chi connectivity index (χ0) is 22.2. The average molecular weight is 445 g/mol.